The van der Waals surface area contributed by atoms with Crippen LogP contribution < -0.4 is 5.32 Å². The lowest BCUT2D eigenvalue weighted by atomic mass is 9.96. The molecule has 3 heterocycles. The zero-order chi connectivity index (χ0) is 23.6. The topological polar surface area (TPSA) is 98.2 Å². The van der Waals surface area contributed by atoms with Crippen molar-refractivity contribution >= 4 is 17.5 Å². The number of hydrogen-bond donors (Lipinski definition) is 1. The Hall–Kier alpha value is -4.85. The van der Waals surface area contributed by atoms with Gasteiger partial charge in [-0.3, -0.25) is 9.79 Å². The maximum absolute atomic E-state index is 13.2. The van der Waals surface area contributed by atoms with Gasteiger partial charge >= 0.3 is 6.01 Å². The van der Waals surface area contributed by atoms with Crippen LogP contribution in [0.3, 0.4) is 0 Å². The molecule has 8 nitrogen and oxygen atoms in total. The van der Waals surface area contributed by atoms with E-state index in [0.717, 1.165) is 28.1 Å². The van der Waals surface area contributed by atoms with Crippen LogP contribution in [0.5, 0.6) is 0 Å². The Balaban J connectivity index is 1.33. The van der Waals surface area contributed by atoms with Gasteiger partial charge in [-0.25, -0.2) is 4.68 Å². The van der Waals surface area contributed by atoms with Gasteiger partial charge in [0, 0.05) is 17.5 Å². The minimum Gasteiger partial charge on any atom is -0.402 e. The number of nitrogens with zero attached hydrogens (tertiary/aromatic N) is 5. The third-order valence-electron chi connectivity index (χ3n) is 5.80. The number of para-hydroxylation sites is 1. The number of fused-ring (bicyclic) bond motifs is 1. The zero-order valence-corrected chi connectivity index (χ0v) is 18.6. The summed E-state index contributed by atoms with van der Waals surface area (Å²) < 4.78 is 7.60. The molecule has 0 spiro atoms. The summed E-state index contributed by atoms with van der Waals surface area (Å²) in [5, 5.41) is 15.7. The average Bonchev–Trinajstić information content (AvgIpc) is 3.55. The highest BCUT2D eigenvalue weighted by atomic mass is 16.4. The van der Waals surface area contributed by atoms with Crippen molar-refractivity contribution in [2.24, 2.45) is 4.99 Å². The molecular formula is C27H20N6O2. The predicted molar refractivity (Wildman–Crippen MR) is 132 cm³/mol. The normalized spacial score (nSPS) is 15.3. The zero-order valence-electron chi connectivity index (χ0n) is 18.6. The molecule has 170 valence electrons. The Morgan fingerprint density at radius 2 is 1.60 bits per heavy atom. The summed E-state index contributed by atoms with van der Waals surface area (Å²) >= 11 is 0. The highest BCUT2D eigenvalue weighted by Crippen LogP contribution is 2.25. The summed E-state index contributed by atoms with van der Waals surface area (Å²) in [6, 6.07) is 29.3. The Kier molecular flexibility index (Phi) is 5.23. The molecule has 2 aromatic heterocycles. The summed E-state index contributed by atoms with van der Waals surface area (Å²) in [7, 11) is 0. The Morgan fingerprint density at radius 1 is 0.857 bits per heavy atom. The second kappa shape index (κ2) is 8.83. The number of aromatic nitrogens is 4. The van der Waals surface area contributed by atoms with Crippen molar-refractivity contribution in [3.05, 3.63) is 114 Å². The van der Waals surface area contributed by atoms with E-state index in [9.17, 15) is 4.79 Å². The van der Waals surface area contributed by atoms with Crippen molar-refractivity contribution in [2.45, 2.75) is 12.6 Å². The number of nitrogens with one attached hydrogen (secondary N) is 1. The lowest BCUT2D eigenvalue weighted by Gasteiger charge is -2.11. The number of hydrogen-bond acceptors (Lipinski definition) is 7. The molecule has 0 radical (unpaired) electrons. The average molecular weight is 460 g/mol. The van der Waals surface area contributed by atoms with Crippen LogP contribution in [0.1, 0.15) is 16.7 Å². The van der Waals surface area contributed by atoms with Crippen LogP contribution in [-0.2, 0) is 11.2 Å². The lowest BCUT2D eigenvalue weighted by molar-refractivity contribution is -0.119. The molecule has 0 bridgehead atoms. The van der Waals surface area contributed by atoms with E-state index in [1.54, 1.807) is 16.9 Å². The van der Waals surface area contributed by atoms with Gasteiger partial charge in [-0.05, 0) is 23.8 Å². The number of carbonyl (C=O) groups excluding carboxylic acids is 1. The van der Waals surface area contributed by atoms with Gasteiger partial charge < -0.3 is 9.73 Å². The van der Waals surface area contributed by atoms with Crippen LogP contribution >= 0.6 is 0 Å². The molecule has 0 unspecified atom stereocenters. The van der Waals surface area contributed by atoms with Crippen LogP contribution in [-0.4, -0.2) is 37.6 Å². The number of Topliss-reactive ketones (excluding diaryl/α,β-unsaturated/α-hetero) is 1. The SMILES string of the molecule is O=C1Cc2ccccc2C(c2ccccc2)=N[C@@H]1Nc1nnc(-c2ccnn2-c2ccccc2)o1. The summed E-state index contributed by atoms with van der Waals surface area (Å²) in [5.41, 5.74) is 5.06. The minimum atomic E-state index is -0.870. The Labute approximate surface area is 201 Å². The van der Waals surface area contributed by atoms with Crippen molar-refractivity contribution in [3.63, 3.8) is 0 Å². The number of carbonyl (C=O) groups is 1. The van der Waals surface area contributed by atoms with Crippen molar-refractivity contribution < 1.29 is 9.21 Å². The molecule has 5 aromatic rings. The third-order valence-corrected chi connectivity index (χ3v) is 5.80. The fourth-order valence-corrected chi connectivity index (χ4v) is 4.14. The molecule has 0 saturated carbocycles. The first kappa shape index (κ1) is 20.7. The third kappa shape index (κ3) is 4.02. The lowest BCUT2D eigenvalue weighted by Crippen LogP contribution is -2.29. The molecule has 1 aliphatic heterocycles. The van der Waals surface area contributed by atoms with E-state index in [4.69, 9.17) is 9.41 Å². The quantitative estimate of drug-likeness (QED) is 0.419. The molecule has 6 rings (SSSR count). The molecule has 3 aromatic carbocycles. The van der Waals surface area contributed by atoms with Gasteiger partial charge in [-0.15, -0.1) is 5.10 Å². The van der Waals surface area contributed by atoms with Crippen molar-refractivity contribution in [2.75, 3.05) is 5.32 Å². The van der Waals surface area contributed by atoms with Crippen LogP contribution in [0.15, 0.2) is 107 Å². The number of aliphatic imine (C=N–C) groups is 1. The van der Waals surface area contributed by atoms with Crippen LogP contribution in [0, 0.1) is 0 Å². The van der Waals surface area contributed by atoms with E-state index in [1.165, 1.54) is 0 Å². The van der Waals surface area contributed by atoms with E-state index in [1.807, 2.05) is 84.9 Å². The highest BCUT2D eigenvalue weighted by Gasteiger charge is 2.27. The molecule has 8 heteroatoms. The van der Waals surface area contributed by atoms with Gasteiger partial charge in [0.2, 0.25) is 0 Å². The van der Waals surface area contributed by atoms with Crippen LogP contribution in [0.4, 0.5) is 6.01 Å². The predicted octanol–water partition coefficient (Wildman–Crippen LogP) is 4.32. The maximum Gasteiger partial charge on any atom is 0.317 e. The summed E-state index contributed by atoms with van der Waals surface area (Å²) in [4.78, 5) is 18.0. The minimum absolute atomic E-state index is 0.0857. The first-order chi connectivity index (χ1) is 17.3. The van der Waals surface area contributed by atoms with Gasteiger partial charge in [-0.1, -0.05) is 77.9 Å². The van der Waals surface area contributed by atoms with Crippen LogP contribution in [0.25, 0.3) is 17.3 Å². The van der Waals surface area contributed by atoms with Crippen molar-refractivity contribution in [1.82, 2.24) is 20.0 Å². The highest BCUT2D eigenvalue weighted by molar-refractivity contribution is 6.16. The smallest absolute Gasteiger partial charge is 0.317 e. The largest absolute Gasteiger partial charge is 0.402 e. The second-order valence-corrected chi connectivity index (χ2v) is 8.07. The first-order valence-corrected chi connectivity index (χ1v) is 11.2. The first-order valence-electron chi connectivity index (χ1n) is 11.2. The second-order valence-electron chi connectivity index (χ2n) is 8.07. The van der Waals surface area contributed by atoms with Crippen molar-refractivity contribution in [1.29, 1.82) is 0 Å². The van der Waals surface area contributed by atoms with E-state index in [-0.39, 0.29) is 24.1 Å². The molecule has 35 heavy (non-hydrogen) atoms. The van der Waals surface area contributed by atoms with Gasteiger partial charge in [0.1, 0.15) is 5.69 Å². The molecule has 1 atom stereocenters. The molecule has 1 N–H and O–H groups in total. The monoisotopic (exact) mass is 460 g/mol. The number of ketones is 1. The maximum atomic E-state index is 13.2. The number of benzene rings is 3. The molecular weight excluding hydrogens is 440 g/mol. The standard InChI is InChI=1S/C27H20N6O2/c34-23-17-19-11-7-8-14-21(19)24(18-9-3-1-4-10-18)29-25(23)30-27-32-31-26(35-27)22-15-16-28-33(22)20-12-5-2-6-13-20/h1-16,25H,17H2,(H,30,32)/t25-/m1/s1. The van der Waals surface area contributed by atoms with Gasteiger partial charge in [-0.2, -0.15) is 5.10 Å². The fourth-order valence-electron chi connectivity index (χ4n) is 4.14. The van der Waals surface area contributed by atoms with E-state index in [2.05, 4.69) is 20.6 Å². The number of rotatable bonds is 5. The summed E-state index contributed by atoms with van der Waals surface area (Å²) in [6.07, 6.45) is 1.04. The van der Waals surface area contributed by atoms with Gasteiger partial charge in [0.25, 0.3) is 5.89 Å². The molecule has 0 saturated heterocycles. The Bertz CT molecular complexity index is 1520. The molecule has 0 amide bonds. The van der Waals surface area contributed by atoms with Crippen molar-refractivity contribution in [3.8, 4) is 17.3 Å². The molecule has 0 aliphatic carbocycles. The van der Waals surface area contributed by atoms with E-state index < -0.39 is 6.17 Å². The van der Waals surface area contributed by atoms with Gasteiger partial charge in [0.05, 0.1) is 17.6 Å². The summed E-state index contributed by atoms with van der Waals surface area (Å²) in [6.45, 7) is 0. The fraction of sp³-hybridized carbons (Fsp3) is 0.0741. The summed E-state index contributed by atoms with van der Waals surface area (Å²) in [5.74, 6) is 0.197. The Morgan fingerprint density at radius 3 is 2.43 bits per heavy atom. The van der Waals surface area contributed by atoms with Crippen LogP contribution in [0.2, 0.25) is 0 Å². The van der Waals surface area contributed by atoms with E-state index >= 15 is 0 Å². The molecule has 1 aliphatic rings. The van der Waals surface area contributed by atoms with E-state index in [0.29, 0.717) is 5.69 Å². The van der Waals surface area contributed by atoms with Gasteiger partial charge in [0.15, 0.2) is 11.9 Å². The number of anilines is 1. The molecule has 0 fully saturated rings.